The molecule has 0 atom stereocenters. The average Bonchev–Trinajstić information content (AvgIpc) is 2.59. The van der Waals surface area contributed by atoms with Crippen molar-refractivity contribution in [3.8, 4) is 0 Å². The number of aliphatic imine (C=N–C) groups is 2. The number of hydrogen-bond donors (Lipinski definition) is 0. The summed E-state index contributed by atoms with van der Waals surface area (Å²) < 4.78 is 0. The molecule has 2 heteroatoms. The van der Waals surface area contributed by atoms with Gasteiger partial charge in [0, 0.05) is 25.2 Å². The number of nitrogens with zero attached hydrogens (tertiary/aromatic N) is 2. The molecule has 0 saturated heterocycles. The zero-order valence-electron chi connectivity index (χ0n) is 13.1. The Hall–Kier alpha value is -0.920. The molecule has 0 amide bonds. The van der Waals surface area contributed by atoms with E-state index < -0.39 is 0 Å². The number of hydrogen-bond acceptors (Lipinski definition) is 2. The minimum absolute atomic E-state index is 0.757. The molecule has 0 N–H and O–H groups in total. The zero-order chi connectivity index (χ0) is 14.3. The van der Waals surface area contributed by atoms with Crippen LogP contribution in [0.3, 0.4) is 0 Å². The Morgan fingerprint density at radius 1 is 0.900 bits per heavy atom. The molecule has 1 aliphatic carbocycles. The van der Waals surface area contributed by atoms with E-state index in [4.69, 9.17) is 0 Å². The summed E-state index contributed by atoms with van der Waals surface area (Å²) in [6, 6.07) is 0. The van der Waals surface area contributed by atoms with Crippen LogP contribution >= 0.6 is 0 Å². The molecule has 20 heavy (non-hydrogen) atoms. The quantitative estimate of drug-likeness (QED) is 0.408. The molecule has 0 aromatic rings. The van der Waals surface area contributed by atoms with Gasteiger partial charge < -0.3 is 0 Å². The van der Waals surface area contributed by atoms with Crippen molar-refractivity contribution in [2.45, 2.75) is 77.0 Å². The largest absolute Gasteiger partial charge is 0.297 e. The van der Waals surface area contributed by atoms with Crippen molar-refractivity contribution in [1.29, 1.82) is 0 Å². The summed E-state index contributed by atoms with van der Waals surface area (Å²) in [5.74, 6) is 0.757. The van der Waals surface area contributed by atoms with Crippen LogP contribution in [-0.4, -0.2) is 19.0 Å². The Bertz CT molecular complexity index is 271. The predicted octanol–water partition coefficient (Wildman–Crippen LogP) is 5.58. The first kappa shape index (κ1) is 17.1. The van der Waals surface area contributed by atoms with Gasteiger partial charge in [-0.25, -0.2) is 0 Å². The van der Waals surface area contributed by atoms with Crippen LogP contribution in [0.5, 0.6) is 0 Å². The standard InChI is InChI=1S/C18H32N2/c1-2-19-15-11-7-8-12-16-20-17-18-13-9-5-3-4-6-10-14-18/h2,15,17-18H,1,3-14,16H2. The van der Waals surface area contributed by atoms with Crippen LogP contribution in [0.15, 0.2) is 22.8 Å². The third-order valence-electron chi connectivity index (χ3n) is 4.05. The molecule has 0 spiro atoms. The molecule has 1 fully saturated rings. The topological polar surface area (TPSA) is 24.7 Å². The number of unbranched alkanes of at least 4 members (excludes halogenated alkanes) is 3. The van der Waals surface area contributed by atoms with E-state index in [1.807, 2.05) is 6.21 Å². The summed E-state index contributed by atoms with van der Waals surface area (Å²) in [4.78, 5) is 8.66. The molecule has 1 rings (SSSR count). The summed E-state index contributed by atoms with van der Waals surface area (Å²) in [6.07, 6.45) is 21.8. The van der Waals surface area contributed by atoms with Crippen LogP contribution in [0.1, 0.15) is 77.0 Å². The van der Waals surface area contributed by atoms with Gasteiger partial charge in [-0.3, -0.25) is 9.98 Å². The van der Waals surface area contributed by atoms with Crippen LogP contribution in [0.25, 0.3) is 0 Å². The molecular weight excluding hydrogens is 244 g/mol. The molecule has 0 aromatic heterocycles. The van der Waals surface area contributed by atoms with Crippen molar-refractivity contribution in [2.75, 3.05) is 6.54 Å². The van der Waals surface area contributed by atoms with Gasteiger partial charge in [-0.15, -0.1) is 0 Å². The lowest BCUT2D eigenvalue weighted by Crippen LogP contribution is -2.02. The van der Waals surface area contributed by atoms with E-state index >= 15 is 0 Å². The molecule has 0 aliphatic heterocycles. The van der Waals surface area contributed by atoms with Crippen LogP contribution in [0, 0.1) is 5.92 Å². The average molecular weight is 276 g/mol. The molecule has 0 radical (unpaired) electrons. The Morgan fingerprint density at radius 2 is 1.60 bits per heavy atom. The van der Waals surface area contributed by atoms with Gasteiger partial charge in [0.1, 0.15) is 0 Å². The van der Waals surface area contributed by atoms with Crippen molar-refractivity contribution in [3.05, 3.63) is 12.8 Å². The Balaban J connectivity index is 2.03. The highest BCUT2D eigenvalue weighted by molar-refractivity contribution is 5.60. The predicted molar refractivity (Wildman–Crippen MR) is 90.9 cm³/mol. The minimum Gasteiger partial charge on any atom is -0.297 e. The molecule has 0 heterocycles. The second-order valence-electron chi connectivity index (χ2n) is 5.88. The lowest BCUT2D eigenvalue weighted by Gasteiger charge is -2.09. The lowest BCUT2D eigenvalue weighted by atomic mass is 9.98. The van der Waals surface area contributed by atoms with Crippen LogP contribution in [-0.2, 0) is 0 Å². The zero-order valence-corrected chi connectivity index (χ0v) is 13.1. The van der Waals surface area contributed by atoms with E-state index in [-0.39, 0.29) is 0 Å². The van der Waals surface area contributed by atoms with Gasteiger partial charge in [0.15, 0.2) is 0 Å². The fraction of sp³-hybridized carbons (Fsp3) is 0.778. The van der Waals surface area contributed by atoms with E-state index in [1.54, 1.807) is 6.20 Å². The van der Waals surface area contributed by atoms with Gasteiger partial charge in [0.05, 0.1) is 0 Å². The number of rotatable bonds is 8. The van der Waals surface area contributed by atoms with E-state index in [2.05, 4.69) is 22.8 Å². The van der Waals surface area contributed by atoms with Crippen molar-refractivity contribution in [2.24, 2.45) is 15.9 Å². The van der Waals surface area contributed by atoms with Crippen LogP contribution < -0.4 is 0 Å². The minimum atomic E-state index is 0.757. The molecule has 0 unspecified atom stereocenters. The van der Waals surface area contributed by atoms with Crippen LogP contribution in [0.2, 0.25) is 0 Å². The third-order valence-corrected chi connectivity index (χ3v) is 4.05. The molecule has 0 aromatic carbocycles. The Morgan fingerprint density at radius 3 is 2.30 bits per heavy atom. The second-order valence-corrected chi connectivity index (χ2v) is 5.88. The van der Waals surface area contributed by atoms with Crippen molar-refractivity contribution < 1.29 is 0 Å². The fourth-order valence-electron chi connectivity index (χ4n) is 2.80. The second kappa shape index (κ2) is 13.1. The van der Waals surface area contributed by atoms with E-state index in [0.717, 1.165) is 18.9 Å². The first-order valence-electron chi connectivity index (χ1n) is 8.56. The third kappa shape index (κ3) is 9.94. The molecule has 1 aliphatic rings. The van der Waals surface area contributed by atoms with Gasteiger partial charge in [-0.2, -0.15) is 0 Å². The molecule has 114 valence electrons. The van der Waals surface area contributed by atoms with E-state index in [0.29, 0.717) is 0 Å². The van der Waals surface area contributed by atoms with Crippen molar-refractivity contribution >= 4 is 12.4 Å². The summed E-state index contributed by atoms with van der Waals surface area (Å²) in [7, 11) is 0. The van der Waals surface area contributed by atoms with Crippen LogP contribution in [0.4, 0.5) is 0 Å². The highest BCUT2D eigenvalue weighted by atomic mass is 14.7. The maximum atomic E-state index is 4.66. The van der Waals surface area contributed by atoms with Crippen molar-refractivity contribution in [1.82, 2.24) is 0 Å². The summed E-state index contributed by atoms with van der Waals surface area (Å²) in [6.45, 7) is 4.57. The summed E-state index contributed by atoms with van der Waals surface area (Å²) >= 11 is 0. The SMILES string of the molecule is C=CN=CCCCCCN=CC1CCCCCCCC1. The van der Waals surface area contributed by atoms with E-state index in [1.165, 1.54) is 70.6 Å². The Labute approximate surface area is 125 Å². The van der Waals surface area contributed by atoms with Gasteiger partial charge in [0.2, 0.25) is 0 Å². The van der Waals surface area contributed by atoms with Gasteiger partial charge in [-0.05, 0) is 38.0 Å². The maximum absolute atomic E-state index is 4.66. The molecule has 2 nitrogen and oxygen atoms in total. The normalized spacial score (nSPS) is 19.0. The van der Waals surface area contributed by atoms with Gasteiger partial charge in [-0.1, -0.05) is 51.5 Å². The fourth-order valence-corrected chi connectivity index (χ4v) is 2.80. The van der Waals surface area contributed by atoms with Crippen molar-refractivity contribution in [3.63, 3.8) is 0 Å². The summed E-state index contributed by atoms with van der Waals surface area (Å²) in [5.41, 5.74) is 0. The van der Waals surface area contributed by atoms with Gasteiger partial charge >= 0.3 is 0 Å². The van der Waals surface area contributed by atoms with Gasteiger partial charge in [0.25, 0.3) is 0 Å². The maximum Gasteiger partial charge on any atom is 0.0385 e. The molecular formula is C18H32N2. The monoisotopic (exact) mass is 276 g/mol. The van der Waals surface area contributed by atoms with E-state index in [9.17, 15) is 0 Å². The Kier molecular flexibility index (Phi) is 11.2. The molecule has 1 saturated carbocycles. The highest BCUT2D eigenvalue weighted by Crippen LogP contribution is 2.20. The molecule has 0 bridgehead atoms. The lowest BCUT2D eigenvalue weighted by molar-refractivity contribution is 0.543. The highest BCUT2D eigenvalue weighted by Gasteiger charge is 2.07. The smallest absolute Gasteiger partial charge is 0.0385 e. The first-order valence-corrected chi connectivity index (χ1v) is 8.56. The summed E-state index contributed by atoms with van der Waals surface area (Å²) in [5, 5.41) is 0. The first-order chi connectivity index (χ1) is 9.93.